The summed E-state index contributed by atoms with van der Waals surface area (Å²) in [5.74, 6) is 4.76. The number of rotatable bonds is 5. The largest absolute Gasteiger partial charge is 0.458 e. The zero-order valence-electron chi connectivity index (χ0n) is 35.9. The van der Waals surface area contributed by atoms with Crippen LogP contribution in [0, 0.1) is 6.33 Å². The second-order valence-electron chi connectivity index (χ2n) is 18.1. The highest BCUT2D eigenvalue weighted by atomic mass is 28.3. The van der Waals surface area contributed by atoms with E-state index in [4.69, 9.17) is 19.2 Å². The Morgan fingerprint density at radius 1 is 0.606 bits per heavy atom. The van der Waals surface area contributed by atoms with E-state index >= 15 is 0 Å². The van der Waals surface area contributed by atoms with Crippen LogP contribution in [0.15, 0.2) is 182 Å². The third-order valence-corrected chi connectivity index (χ3v) is 17.7. The molecule has 0 radical (unpaired) electrons. The van der Waals surface area contributed by atoms with Crippen molar-refractivity contribution in [1.29, 1.82) is 0 Å². The summed E-state index contributed by atoms with van der Waals surface area (Å²) >= 11 is 0. The van der Waals surface area contributed by atoms with Crippen molar-refractivity contribution in [3.63, 3.8) is 0 Å². The Bertz CT molecular complexity index is 3900. The third kappa shape index (κ3) is 4.72. The first-order chi connectivity index (χ1) is 32.5. The minimum absolute atomic E-state index is 0.0758. The molecule has 0 N–H and O–H groups in total. The van der Waals surface area contributed by atoms with Gasteiger partial charge in [-0.25, -0.2) is 4.98 Å². The van der Waals surface area contributed by atoms with Gasteiger partial charge >= 0.3 is 0 Å². The Kier molecular flexibility index (Phi) is 7.05. The number of fused-ring (bicyclic) bond motifs is 6. The monoisotopic (exact) mass is 865 g/mol. The summed E-state index contributed by atoms with van der Waals surface area (Å²) in [6.07, 6.45) is 5.58. The molecule has 3 aromatic heterocycles. The Morgan fingerprint density at radius 2 is 1.33 bits per heavy atom. The number of ether oxygens (including phenoxy) is 3. The van der Waals surface area contributed by atoms with Gasteiger partial charge in [0.25, 0.3) is 13.0 Å². The molecule has 10 heteroatoms. The predicted molar refractivity (Wildman–Crippen MR) is 265 cm³/mol. The molecule has 66 heavy (non-hydrogen) atoms. The van der Waals surface area contributed by atoms with Crippen molar-refractivity contribution in [1.82, 2.24) is 14.1 Å². The number of anilines is 3. The summed E-state index contributed by atoms with van der Waals surface area (Å²) in [5.41, 5.74) is 13.9. The van der Waals surface area contributed by atoms with Gasteiger partial charge in [-0.1, -0.05) is 92.0 Å². The first kappa shape index (κ1) is 36.0. The van der Waals surface area contributed by atoms with Crippen molar-refractivity contribution in [2.24, 2.45) is 0 Å². The predicted octanol–water partition coefficient (Wildman–Crippen LogP) is 9.64. The highest BCUT2D eigenvalue weighted by Gasteiger charge is 2.48. The van der Waals surface area contributed by atoms with Crippen molar-refractivity contribution in [3.05, 3.63) is 188 Å². The number of hydrogen-bond donors (Lipinski definition) is 0. The van der Waals surface area contributed by atoms with E-state index in [2.05, 4.69) is 196 Å². The molecule has 0 amide bonds. The minimum atomic E-state index is -2.08. The van der Waals surface area contributed by atoms with Crippen LogP contribution in [0.4, 0.5) is 17.1 Å². The second-order valence-corrected chi connectivity index (χ2v) is 22.4. The van der Waals surface area contributed by atoms with Gasteiger partial charge in [-0.3, -0.25) is 13.7 Å². The maximum Gasteiger partial charge on any atom is 0.269 e. The van der Waals surface area contributed by atoms with Crippen LogP contribution in [0.1, 0.15) is 0 Å². The molecule has 0 atom stereocenters. The van der Waals surface area contributed by atoms with E-state index in [0.29, 0.717) is 5.75 Å². The first-order valence-electron chi connectivity index (χ1n) is 22.4. The zero-order valence-corrected chi connectivity index (χ0v) is 36.9. The summed E-state index contributed by atoms with van der Waals surface area (Å²) < 4.78 is 27.6. The van der Waals surface area contributed by atoms with Crippen LogP contribution in [0.3, 0.4) is 0 Å². The van der Waals surface area contributed by atoms with Crippen LogP contribution in [-0.4, -0.2) is 28.9 Å². The van der Waals surface area contributed by atoms with Gasteiger partial charge in [0.2, 0.25) is 0 Å². The van der Waals surface area contributed by atoms with Crippen molar-refractivity contribution in [3.8, 4) is 51.6 Å². The number of imidazole rings is 1. The maximum atomic E-state index is 7.16. The number of aromatic nitrogens is 4. The highest BCUT2D eigenvalue weighted by Crippen LogP contribution is 2.49. The van der Waals surface area contributed by atoms with Crippen LogP contribution in [0.2, 0.25) is 13.1 Å². The first-order valence-corrected chi connectivity index (χ1v) is 25.4. The van der Waals surface area contributed by atoms with E-state index in [1.807, 2.05) is 24.4 Å². The van der Waals surface area contributed by atoms with Crippen LogP contribution < -0.4 is 50.4 Å². The lowest BCUT2D eigenvalue weighted by molar-refractivity contribution is -0.572. The molecule has 310 valence electrons. The van der Waals surface area contributed by atoms with Gasteiger partial charge in [0.15, 0.2) is 0 Å². The van der Waals surface area contributed by atoms with E-state index in [9.17, 15) is 0 Å². The summed E-state index contributed by atoms with van der Waals surface area (Å²) in [7, 11) is -2.08. The quantitative estimate of drug-likeness (QED) is 0.0981. The van der Waals surface area contributed by atoms with Gasteiger partial charge in [0.05, 0.1) is 39.0 Å². The van der Waals surface area contributed by atoms with Gasteiger partial charge in [-0.05, 0) is 106 Å². The van der Waals surface area contributed by atoms with Crippen molar-refractivity contribution in [2.45, 2.75) is 13.1 Å². The molecule has 11 aromatic rings. The molecule has 0 aliphatic carbocycles. The third-order valence-electron chi connectivity index (χ3n) is 14.2. The molecule has 0 saturated heterocycles. The number of benzene rings is 8. The molecule has 4 aliphatic heterocycles. The second kappa shape index (κ2) is 12.9. The molecule has 0 bridgehead atoms. The van der Waals surface area contributed by atoms with Crippen molar-refractivity contribution in [2.75, 3.05) is 4.90 Å². The van der Waals surface area contributed by atoms with Crippen LogP contribution in [0.5, 0.6) is 34.5 Å². The molecule has 7 heterocycles. The van der Waals surface area contributed by atoms with Gasteiger partial charge in [-0.15, -0.1) is 0 Å². The van der Waals surface area contributed by atoms with Crippen LogP contribution in [-0.2, 0) is 0 Å². The molecule has 4 aliphatic rings. The average molecular weight is 866 g/mol. The van der Waals surface area contributed by atoms with E-state index < -0.39 is 8.07 Å². The Balaban J connectivity index is 0.870. The lowest BCUT2D eigenvalue weighted by atomic mass is 9.33. The topological polar surface area (TPSA) is 57.6 Å². The molecule has 0 fully saturated rings. The molecular formula is C56H36BN5O3Si. The lowest BCUT2D eigenvalue weighted by Crippen LogP contribution is -2.61. The Labute approximate surface area is 380 Å². The van der Waals surface area contributed by atoms with E-state index in [0.717, 1.165) is 107 Å². The fourth-order valence-electron chi connectivity index (χ4n) is 11.4. The summed E-state index contributed by atoms with van der Waals surface area (Å²) in [4.78, 5) is 7.37. The molecule has 0 saturated carbocycles. The fraction of sp³-hybridized carbons (Fsp3) is 0.0357. The minimum Gasteiger partial charge on any atom is -0.458 e. The van der Waals surface area contributed by atoms with Gasteiger partial charge < -0.3 is 19.1 Å². The molecule has 0 spiro atoms. The summed E-state index contributed by atoms with van der Waals surface area (Å²) in [6.45, 7) is 4.80. The van der Waals surface area contributed by atoms with Crippen LogP contribution >= 0.6 is 0 Å². The standard InChI is InChI=1S/C56H36BN5O3Si/c1-66(2)48-28-27-38(31-43(48)60-33-59(34-14-5-3-6-15-34)42-23-12-26-49(66)54(42)60)63-37-19-9-18-36(30-37)62-44-32-47-53-55(50(44)39-20-13-29-58-56(39)62)65-46-25-11-22-41-52(46)57(53)51-40(21-10-24-45(51)64-47)61(41)35-16-7-4-8-17-35/h3-32H,1-2H3. The smallest absolute Gasteiger partial charge is 0.269 e. The normalized spacial score (nSPS) is 14.2. The molecule has 15 rings (SSSR count). The Morgan fingerprint density at radius 3 is 2.15 bits per heavy atom. The SMILES string of the molecule is C[Si]1(C)c2ccc(Oc3cccc(-n4c5cc6c7c(c5c5cccnc54)Oc4cccc5c4B7c4c(cccc4N5c4ccccc4)O6)c3)cc2-n2[c-][n+](-c3ccccc3)c3cccc1c32. The van der Waals surface area contributed by atoms with E-state index in [1.54, 1.807) is 0 Å². The van der Waals surface area contributed by atoms with Crippen LogP contribution in [0.25, 0.3) is 50.0 Å². The molecule has 8 nitrogen and oxygen atoms in total. The zero-order chi connectivity index (χ0) is 43.4. The molecule has 0 unspecified atom stereocenters. The van der Waals surface area contributed by atoms with Gasteiger partial charge in [-0.2, -0.15) is 0 Å². The number of hydrogen-bond acceptors (Lipinski definition) is 5. The Hall–Kier alpha value is -8.34. The number of para-hydroxylation sites is 3. The number of pyridine rings is 1. The molecular weight excluding hydrogens is 830 g/mol. The number of nitrogens with zero attached hydrogens (tertiary/aromatic N) is 5. The van der Waals surface area contributed by atoms with Crippen molar-refractivity contribution >= 4 is 91.6 Å². The summed E-state index contributed by atoms with van der Waals surface area (Å²) in [6, 6.07) is 61.7. The van der Waals surface area contributed by atoms with Gasteiger partial charge in [0.1, 0.15) is 48.2 Å². The highest BCUT2D eigenvalue weighted by molar-refractivity contribution is 7.02. The maximum absolute atomic E-state index is 7.16. The van der Waals surface area contributed by atoms with Crippen molar-refractivity contribution < 1.29 is 18.8 Å². The molecule has 8 aromatic carbocycles. The average Bonchev–Trinajstić information content (AvgIpc) is 3.91. The van der Waals surface area contributed by atoms with E-state index in [-0.39, 0.29) is 6.71 Å². The summed E-state index contributed by atoms with van der Waals surface area (Å²) in [5, 5.41) is 4.75. The fourth-order valence-corrected chi connectivity index (χ4v) is 14.4. The van der Waals surface area contributed by atoms with Gasteiger partial charge in [0, 0.05) is 46.2 Å². The van der Waals surface area contributed by atoms with E-state index in [1.165, 1.54) is 15.9 Å². The lowest BCUT2D eigenvalue weighted by Gasteiger charge is -2.42.